The van der Waals surface area contributed by atoms with Crippen molar-refractivity contribution in [2.45, 2.75) is 13.8 Å². The standard InChI is InChI=1S/C8H12N2O3S/c1-5-3-6(2)8(11)7(4-5)10-14(9,12)13/h3-4,10-11H,1-2H3,(H2,9,12,13). The van der Waals surface area contributed by atoms with Gasteiger partial charge in [0.2, 0.25) is 0 Å². The van der Waals surface area contributed by atoms with Crippen LogP contribution in [0.15, 0.2) is 12.1 Å². The van der Waals surface area contributed by atoms with Crippen molar-refractivity contribution in [1.82, 2.24) is 0 Å². The largest absolute Gasteiger partial charge is 0.505 e. The highest BCUT2D eigenvalue weighted by Gasteiger charge is 2.09. The Labute approximate surface area is 82.7 Å². The molecule has 0 saturated heterocycles. The first-order chi connectivity index (χ1) is 6.29. The molecule has 0 aromatic heterocycles. The van der Waals surface area contributed by atoms with E-state index in [1.807, 2.05) is 4.72 Å². The predicted molar refractivity (Wildman–Crippen MR) is 54.3 cm³/mol. The number of hydrogen-bond donors (Lipinski definition) is 3. The SMILES string of the molecule is Cc1cc(C)c(O)c(NS(N)(=O)=O)c1. The average molecular weight is 216 g/mol. The van der Waals surface area contributed by atoms with Crippen LogP contribution in [0.4, 0.5) is 5.69 Å². The summed E-state index contributed by atoms with van der Waals surface area (Å²) in [5.74, 6) is -0.107. The van der Waals surface area contributed by atoms with Crippen LogP contribution in [0.1, 0.15) is 11.1 Å². The van der Waals surface area contributed by atoms with E-state index in [1.54, 1.807) is 19.9 Å². The number of anilines is 1. The number of rotatable bonds is 2. The molecule has 0 aliphatic heterocycles. The van der Waals surface area contributed by atoms with Gasteiger partial charge in [0.25, 0.3) is 10.2 Å². The molecule has 0 saturated carbocycles. The monoisotopic (exact) mass is 216 g/mol. The number of nitrogens with two attached hydrogens (primary N) is 1. The molecule has 78 valence electrons. The zero-order valence-corrected chi connectivity index (χ0v) is 8.72. The number of aromatic hydroxyl groups is 1. The van der Waals surface area contributed by atoms with E-state index in [2.05, 4.69) is 0 Å². The highest BCUT2D eigenvalue weighted by atomic mass is 32.2. The second kappa shape index (κ2) is 3.47. The molecule has 0 spiro atoms. The number of phenols is 1. The number of hydrogen-bond acceptors (Lipinski definition) is 3. The first kappa shape index (κ1) is 10.8. The molecule has 1 rings (SSSR count). The number of phenolic OH excluding ortho intramolecular Hbond substituents is 1. The lowest BCUT2D eigenvalue weighted by Gasteiger charge is -2.09. The Bertz CT molecular complexity index is 454. The van der Waals surface area contributed by atoms with Crippen LogP contribution in [0, 0.1) is 13.8 Å². The third-order valence-corrected chi connectivity index (χ3v) is 2.20. The Kier molecular flexibility index (Phi) is 2.68. The molecule has 1 aromatic carbocycles. The van der Waals surface area contributed by atoms with Gasteiger partial charge in [0.15, 0.2) is 0 Å². The number of aryl methyl sites for hydroxylation is 2. The van der Waals surface area contributed by atoms with E-state index in [9.17, 15) is 13.5 Å². The molecule has 4 N–H and O–H groups in total. The second-order valence-electron chi connectivity index (χ2n) is 3.13. The lowest BCUT2D eigenvalue weighted by atomic mass is 10.1. The lowest BCUT2D eigenvalue weighted by Crippen LogP contribution is -2.21. The summed E-state index contributed by atoms with van der Waals surface area (Å²) < 4.78 is 23.5. The molecule has 6 heteroatoms. The van der Waals surface area contributed by atoms with Crippen molar-refractivity contribution < 1.29 is 13.5 Å². The first-order valence-corrected chi connectivity index (χ1v) is 5.45. The predicted octanol–water partition coefficient (Wildman–Crippen LogP) is 0.624. The summed E-state index contributed by atoms with van der Waals surface area (Å²) in [6.07, 6.45) is 0. The Morgan fingerprint density at radius 2 is 1.93 bits per heavy atom. The summed E-state index contributed by atoms with van der Waals surface area (Å²) in [5, 5.41) is 14.3. The zero-order valence-electron chi connectivity index (χ0n) is 7.90. The van der Waals surface area contributed by atoms with E-state index >= 15 is 0 Å². The maximum atomic E-state index is 10.7. The topological polar surface area (TPSA) is 92.4 Å². The van der Waals surface area contributed by atoms with E-state index < -0.39 is 10.2 Å². The molecule has 0 aliphatic carbocycles. The third-order valence-electron chi connectivity index (χ3n) is 1.70. The minimum atomic E-state index is -3.84. The number of benzene rings is 1. The quantitative estimate of drug-likeness (QED) is 0.633. The van der Waals surface area contributed by atoms with Crippen LogP contribution in [-0.4, -0.2) is 13.5 Å². The van der Waals surface area contributed by atoms with Gasteiger partial charge in [0.05, 0.1) is 5.69 Å². The normalized spacial score (nSPS) is 11.4. The average Bonchev–Trinajstić information content (AvgIpc) is 1.96. The molecule has 14 heavy (non-hydrogen) atoms. The van der Waals surface area contributed by atoms with Gasteiger partial charge in [-0.05, 0) is 31.0 Å². The minimum absolute atomic E-state index is 0.102. The molecular weight excluding hydrogens is 204 g/mol. The van der Waals surface area contributed by atoms with Crippen molar-refractivity contribution in [2.75, 3.05) is 4.72 Å². The van der Waals surface area contributed by atoms with Crippen LogP contribution in [0.25, 0.3) is 0 Å². The Hall–Kier alpha value is -1.27. The fourth-order valence-corrected chi connectivity index (χ4v) is 1.65. The van der Waals surface area contributed by atoms with Crippen LogP contribution >= 0.6 is 0 Å². The van der Waals surface area contributed by atoms with Crippen molar-refractivity contribution in [3.05, 3.63) is 23.3 Å². The molecule has 0 aliphatic rings. The maximum absolute atomic E-state index is 10.7. The first-order valence-electron chi connectivity index (χ1n) is 3.90. The van der Waals surface area contributed by atoms with Crippen molar-refractivity contribution in [3.63, 3.8) is 0 Å². The molecule has 0 radical (unpaired) electrons. The van der Waals surface area contributed by atoms with E-state index in [-0.39, 0.29) is 11.4 Å². The van der Waals surface area contributed by atoms with Gasteiger partial charge >= 0.3 is 0 Å². The van der Waals surface area contributed by atoms with Gasteiger partial charge in [0.1, 0.15) is 5.75 Å². The van der Waals surface area contributed by atoms with Crippen LogP contribution in [0.2, 0.25) is 0 Å². The summed E-state index contributed by atoms with van der Waals surface area (Å²) in [7, 11) is -3.84. The van der Waals surface area contributed by atoms with Gasteiger partial charge in [0, 0.05) is 0 Å². The smallest absolute Gasteiger partial charge is 0.296 e. The zero-order chi connectivity index (χ0) is 10.9. The van der Waals surface area contributed by atoms with E-state index in [0.29, 0.717) is 5.56 Å². The Morgan fingerprint density at radius 3 is 2.43 bits per heavy atom. The van der Waals surface area contributed by atoms with Gasteiger partial charge < -0.3 is 5.11 Å². The molecule has 5 nitrogen and oxygen atoms in total. The second-order valence-corrected chi connectivity index (χ2v) is 4.42. The maximum Gasteiger partial charge on any atom is 0.296 e. The van der Waals surface area contributed by atoms with Crippen molar-refractivity contribution in [3.8, 4) is 5.75 Å². The van der Waals surface area contributed by atoms with Crippen LogP contribution in [0.5, 0.6) is 5.75 Å². The molecule has 0 unspecified atom stereocenters. The fourth-order valence-electron chi connectivity index (χ4n) is 1.19. The van der Waals surface area contributed by atoms with Crippen LogP contribution in [0.3, 0.4) is 0 Å². The molecule has 0 bridgehead atoms. The third kappa shape index (κ3) is 2.61. The molecule has 0 fully saturated rings. The molecule has 0 atom stereocenters. The Morgan fingerprint density at radius 1 is 1.36 bits per heavy atom. The van der Waals surface area contributed by atoms with Gasteiger partial charge in [-0.25, -0.2) is 5.14 Å². The van der Waals surface area contributed by atoms with Crippen molar-refractivity contribution in [2.24, 2.45) is 5.14 Å². The highest BCUT2D eigenvalue weighted by molar-refractivity contribution is 7.90. The lowest BCUT2D eigenvalue weighted by molar-refractivity contribution is 0.473. The highest BCUT2D eigenvalue weighted by Crippen LogP contribution is 2.28. The molecular formula is C8H12N2O3S. The van der Waals surface area contributed by atoms with E-state index in [4.69, 9.17) is 5.14 Å². The summed E-state index contributed by atoms with van der Waals surface area (Å²) in [6.45, 7) is 3.47. The molecule has 1 aromatic rings. The minimum Gasteiger partial charge on any atom is -0.505 e. The molecule has 0 amide bonds. The molecule has 0 heterocycles. The van der Waals surface area contributed by atoms with Gasteiger partial charge in [-0.3, -0.25) is 4.72 Å². The summed E-state index contributed by atoms with van der Waals surface area (Å²) in [4.78, 5) is 0. The number of nitrogens with one attached hydrogen (secondary N) is 1. The van der Waals surface area contributed by atoms with Crippen LogP contribution < -0.4 is 9.86 Å². The van der Waals surface area contributed by atoms with Crippen LogP contribution in [-0.2, 0) is 10.2 Å². The van der Waals surface area contributed by atoms with Crippen molar-refractivity contribution in [1.29, 1.82) is 0 Å². The van der Waals surface area contributed by atoms with Crippen molar-refractivity contribution >= 4 is 15.9 Å². The summed E-state index contributed by atoms with van der Waals surface area (Å²) in [5.41, 5.74) is 1.53. The van der Waals surface area contributed by atoms with Gasteiger partial charge in [-0.2, -0.15) is 8.42 Å². The summed E-state index contributed by atoms with van der Waals surface area (Å²) in [6, 6.07) is 3.25. The Balaban J connectivity index is 3.22. The fraction of sp³-hybridized carbons (Fsp3) is 0.250. The van der Waals surface area contributed by atoms with E-state index in [0.717, 1.165) is 5.56 Å². The van der Waals surface area contributed by atoms with Gasteiger partial charge in [-0.15, -0.1) is 0 Å². The summed E-state index contributed by atoms with van der Waals surface area (Å²) >= 11 is 0. The van der Waals surface area contributed by atoms with Gasteiger partial charge in [-0.1, -0.05) is 6.07 Å². The van der Waals surface area contributed by atoms with E-state index in [1.165, 1.54) is 6.07 Å².